The molecule has 1 aromatic heterocycles. The molecule has 1 saturated heterocycles. The Morgan fingerprint density at radius 3 is 2.62 bits per heavy atom. The summed E-state index contributed by atoms with van der Waals surface area (Å²) in [7, 11) is 0. The molecule has 1 unspecified atom stereocenters. The topological polar surface area (TPSA) is 62.3 Å². The lowest BCUT2D eigenvalue weighted by Crippen LogP contribution is -2.28. The standard InChI is InChI=1S/C22H20FN3O2S/c1-13-3-8-18(10-19(13)23)26-11-16(9-21(26)27)22(28)25-17-6-4-15(5-7-17)20-12-29-14(2)24-20/h3-8,10,12,16H,9,11H2,1-2H3,(H,25,28). The molecule has 29 heavy (non-hydrogen) atoms. The van der Waals surface area contributed by atoms with Crippen molar-refractivity contribution in [1.82, 2.24) is 4.98 Å². The molecule has 0 spiro atoms. The van der Waals surface area contributed by atoms with Crippen LogP contribution in [0.15, 0.2) is 47.8 Å². The number of nitrogens with one attached hydrogen (secondary N) is 1. The minimum Gasteiger partial charge on any atom is -0.326 e. The van der Waals surface area contributed by atoms with Gasteiger partial charge >= 0.3 is 0 Å². The van der Waals surface area contributed by atoms with Gasteiger partial charge in [0.25, 0.3) is 0 Å². The van der Waals surface area contributed by atoms with Crippen molar-refractivity contribution >= 4 is 34.5 Å². The highest BCUT2D eigenvalue weighted by atomic mass is 32.1. The van der Waals surface area contributed by atoms with Crippen molar-refractivity contribution in [3.05, 3.63) is 64.2 Å². The predicted molar refractivity (Wildman–Crippen MR) is 113 cm³/mol. The Balaban J connectivity index is 1.42. The number of carbonyl (C=O) groups excluding carboxylic acids is 2. The monoisotopic (exact) mass is 409 g/mol. The van der Waals surface area contributed by atoms with Crippen LogP contribution in [0, 0.1) is 25.6 Å². The first-order chi connectivity index (χ1) is 13.9. The molecule has 0 bridgehead atoms. The third kappa shape index (κ3) is 4.05. The molecule has 2 aromatic carbocycles. The molecule has 3 aromatic rings. The second-order valence-corrected chi connectivity index (χ2v) is 8.22. The zero-order valence-electron chi connectivity index (χ0n) is 16.1. The second-order valence-electron chi connectivity index (χ2n) is 7.16. The minimum atomic E-state index is -0.479. The zero-order valence-corrected chi connectivity index (χ0v) is 16.9. The lowest BCUT2D eigenvalue weighted by molar-refractivity contribution is -0.122. The van der Waals surface area contributed by atoms with Gasteiger partial charge in [0.2, 0.25) is 11.8 Å². The summed E-state index contributed by atoms with van der Waals surface area (Å²) in [5.41, 5.74) is 3.56. The largest absolute Gasteiger partial charge is 0.326 e. The van der Waals surface area contributed by atoms with E-state index in [9.17, 15) is 14.0 Å². The summed E-state index contributed by atoms with van der Waals surface area (Å²) in [5.74, 6) is -1.24. The molecule has 1 N–H and O–H groups in total. The smallest absolute Gasteiger partial charge is 0.229 e. The van der Waals surface area contributed by atoms with Gasteiger partial charge < -0.3 is 10.2 Å². The number of amides is 2. The van der Waals surface area contributed by atoms with Crippen molar-refractivity contribution in [1.29, 1.82) is 0 Å². The maximum atomic E-state index is 13.8. The fraction of sp³-hybridized carbons (Fsp3) is 0.227. The van der Waals surface area contributed by atoms with Gasteiger partial charge in [-0.1, -0.05) is 18.2 Å². The van der Waals surface area contributed by atoms with Gasteiger partial charge in [-0.3, -0.25) is 9.59 Å². The maximum absolute atomic E-state index is 13.8. The number of hydrogen-bond donors (Lipinski definition) is 1. The molecule has 0 saturated carbocycles. The van der Waals surface area contributed by atoms with Crippen LogP contribution < -0.4 is 10.2 Å². The van der Waals surface area contributed by atoms with Crippen molar-refractivity contribution in [2.75, 3.05) is 16.8 Å². The molecule has 0 radical (unpaired) electrons. The number of nitrogens with zero attached hydrogens (tertiary/aromatic N) is 2. The Morgan fingerprint density at radius 1 is 1.21 bits per heavy atom. The molecule has 148 valence electrons. The number of rotatable bonds is 4. The van der Waals surface area contributed by atoms with Gasteiger partial charge in [0.05, 0.1) is 16.6 Å². The molecule has 0 aliphatic carbocycles. The van der Waals surface area contributed by atoms with E-state index in [1.807, 2.05) is 36.6 Å². The van der Waals surface area contributed by atoms with Crippen LogP contribution in [0.5, 0.6) is 0 Å². The van der Waals surface area contributed by atoms with Gasteiger partial charge in [0.15, 0.2) is 0 Å². The van der Waals surface area contributed by atoms with E-state index in [2.05, 4.69) is 10.3 Å². The molecule has 1 aliphatic rings. The first-order valence-corrected chi connectivity index (χ1v) is 10.2. The van der Waals surface area contributed by atoms with Crippen molar-refractivity contribution in [2.45, 2.75) is 20.3 Å². The quantitative estimate of drug-likeness (QED) is 0.687. The molecule has 2 amide bonds. The Bertz CT molecular complexity index is 1080. The van der Waals surface area contributed by atoms with Crippen LogP contribution in [0.1, 0.15) is 17.0 Å². The molecule has 2 heterocycles. The third-order valence-electron chi connectivity index (χ3n) is 5.03. The van der Waals surface area contributed by atoms with E-state index in [0.717, 1.165) is 16.3 Å². The summed E-state index contributed by atoms with van der Waals surface area (Å²) in [6.07, 6.45) is 0.109. The number of benzene rings is 2. The van der Waals surface area contributed by atoms with Crippen LogP contribution in [0.2, 0.25) is 0 Å². The average molecular weight is 409 g/mol. The van der Waals surface area contributed by atoms with Gasteiger partial charge in [-0.25, -0.2) is 9.37 Å². The van der Waals surface area contributed by atoms with Crippen LogP contribution in [0.25, 0.3) is 11.3 Å². The molecule has 5 nitrogen and oxygen atoms in total. The molecule has 1 fully saturated rings. The molecule has 1 aliphatic heterocycles. The Labute approximate surface area is 172 Å². The predicted octanol–water partition coefficient (Wildman–Crippen LogP) is 4.56. The number of anilines is 2. The van der Waals surface area contributed by atoms with Crippen molar-refractivity contribution in [3.63, 3.8) is 0 Å². The maximum Gasteiger partial charge on any atom is 0.229 e. The van der Waals surface area contributed by atoms with Gasteiger partial charge in [-0.05, 0) is 43.7 Å². The first kappa shape index (κ1) is 19.3. The van der Waals surface area contributed by atoms with E-state index in [1.54, 1.807) is 30.4 Å². The van der Waals surface area contributed by atoms with E-state index in [1.165, 1.54) is 11.0 Å². The lowest BCUT2D eigenvalue weighted by atomic mass is 10.1. The molecule has 7 heteroatoms. The average Bonchev–Trinajstić information content (AvgIpc) is 3.30. The number of aromatic nitrogens is 1. The highest BCUT2D eigenvalue weighted by Gasteiger charge is 2.35. The second kappa shape index (κ2) is 7.75. The Morgan fingerprint density at radius 2 is 1.97 bits per heavy atom. The van der Waals surface area contributed by atoms with Gasteiger partial charge in [-0.2, -0.15) is 0 Å². The summed E-state index contributed by atoms with van der Waals surface area (Å²) in [6, 6.07) is 12.1. The third-order valence-corrected chi connectivity index (χ3v) is 5.80. The fourth-order valence-electron chi connectivity index (χ4n) is 3.35. The number of thiazole rings is 1. The highest BCUT2D eigenvalue weighted by Crippen LogP contribution is 2.28. The number of aryl methyl sites for hydroxylation is 2. The molecule has 4 rings (SSSR count). The summed E-state index contributed by atoms with van der Waals surface area (Å²) >= 11 is 1.59. The van der Waals surface area contributed by atoms with Crippen molar-refractivity contribution in [2.24, 2.45) is 5.92 Å². The van der Waals surface area contributed by atoms with Crippen molar-refractivity contribution < 1.29 is 14.0 Å². The molecule has 1 atom stereocenters. The Hall–Kier alpha value is -3.06. The normalized spacial score (nSPS) is 16.3. The number of halogens is 1. The van der Waals surface area contributed by atoms with Crippen molar-refractivity contribution in [3.8, 4) is 11.3 Å². The fourth-order valence-corrected chi connectivity index (χ4v) is 3.97. The Kier molecular flexibility index (Phi) is 5.15. The number of hydrogen-bond acceptors (Lipinski definition) is 4. The summed E-state index contributed by atoms with van der Waals surface area (Å²) in [4.78, 5) is 30.9. The van der Waals surface area contributed by atoms with E-state index in [0.29, 0.717) is 16.9 Å². The molecular weight excluding hydrogens is 389 g/mol. The SMILES string of the molecule is Cc1nc(-c2ccc(NC(=O)C3CC(=O)N(c4ccc(C)c(F)c4)C3)cc2)cs1. The summed E-state index contributed by atoms with van der Waals surface area (Å²) in [5, 5.41) is 5.87. The minimum absolute atomic E-state index is 0.109. The lowest BCUT2D eigenvalue weighted by Gasteiger charge is -2.17. The molecular formula is C22H20FN3O2S. The van der Waals surface area contributed by atoms with E-state index >= 15 is 0 Å². The highest BCUT2D eigenvalue weighted by molar-refractivity contribution is 7.09. The van der Waals surface area contributed by atoms with E-state index in [4.69, 9.17) is 0 Å². The van der Waals surface area contributed by atoms with Crippen LogP contribution >= 0.6 is 11.3 Å². The van der Waals surface area contributed by atoms with Crippen LogP contribution in [-0.2, 0) is 9.59 Å². The van der Waals surface area contributed by atoms with Crippen LogP contribution in [-0.4, -0.2) is 23.3 Å². The van der Waals surface area contributed by atoms with Gasteiger partial charge in [0, 0.05) is 35.3 Å². The van der Waals surface area contributed by atoms with Gasteiger partial charge in [-0.15, -0.1) is 11.3 Å². The van der Waals surface area contributed by atoms with Crippen LogP contribution in [0.3, 0.4) is 0 Å². The summed E-state index contributed by atoms with van der Waals surface area (Å²) in [6.45, 7) is 3.87. The first-order valence-electron chi connectivity index (χ1n) is 9.30. The van der Waals surface area contributed by atoms with E-state index in [-0.39, 0.29) is 30.6 Å². The number of carbonyl (C=O) groups is 2. The van der Waals surface area contributed by atoms with Crippen LogP contribution in [0.4, 0.5) is 15.8 Å². The van der Waals surface area contributed by atoms with Gasteiger partial charge in [0.1, 0.15) is 5.82 Å². The zero-order chi connectivity index (χ0) is 20.5. The van der Waals surface area contributed by atoms with E-state index < -0.39 is 5.92 Å². The summed E-state index contributed by atoms with van der Waals surface area (Å²) < 4.78 is 13.8.